The highest BCUT2D eigenvalue weighted by Gasteiger charge is 2.30. The summed E-state index contributed by atoms with van der Waals surface area (Å²) in [4.78, 5) is 26.1. The summed E-state index contributed by atoms with van der Waals surface area (Å²) in [6.07, 6.45) is 4.01. The zero-order valence-electron chi connectivity index (χ0n) is 19.5. The van der Waals surface area contributed by atoms with E-state index in [1.807, 2.05) is 17.0 Å². The normalized spacial score (nSPS) is 18.8. The van der Waals surface area contributed by atoms with Gasteiger partial charge in [-0.25, -0.2) is 4.98 Å². The molecular formula is C24H34IN5O3. The fourth-order valence-electron chi connectivity index (χ4n) is 4.07. The number of guanidine groups is 1. The fraction of sp³-hybridized carbons (Fsp3) is 0.542. The van der Waals surface area contributed by atoms with Crippen LogP contribution in [0.2, 0.25) is 0 Å². The number of halogens is 1. The van der Waals surface area contributed by atoms with Crippen LogP contribution in [0.25, 0.3) is 11.5 Å². The second kappa shape index (κ2) is 12.4. The van der Waals surface area contributed by atoms with Crippen LogP contribution in [0.5, 0.6) is 0 Å². The van der Waals surface area contributed by atoms with Crippen LogP contribution < -0.4 is 5.32 Å². The summed E-state index contributed by atoms with van der Waals surface area (Å²) in [7, 11) is 0. The van der Waals surface area contributed by atoms with Crippen molar-refractivity contribution < 1.29 is 13.9 Å². The molecule has 2 aliphatic heterocycles. The SMILES string of the molecule is CCNC(=NCCc1coc(-c2ccc(C)cc2)n1)N1CCN(C(=O)C2CCCO2)CC1.I. The van der Waals surface area contributed by atoms with E-state index in [2.05, 4.69) is 41.2 Å². The maximum atomic E-state index is 12.6. The number of piperazine rings is 1. The van der Waals surface area contributed by atoms with Crippen LogP contribution in [-0.4, -0.2) is 78.6 Å². The summed E-state index contributed by atoms with van der Waals surface area (Å²) in [6.45, 7) is 9.19. The number of benzene rings is 1. The smallest absolute Gasteiger partial charge is 0.251 e. The summed E-state index contributed by atoms with van der Waals surface area (Å²) in [5, 5.41) is 3.38. The molecule has 8 nitrogen and oxygen atoms in total. The van der Waals surface area contributed by atoms with Crippen molar-refractivity contribution >= 4 is 35.8 Å². The molecule has 1 N–H and O–H groups in total. The summed E-state index contributed by atoms with van der Waals surface area (Å²) in [5.41, 5.74) is 3.09. The number of hydrogen-bond acceptors (Lipinski definition) is 5. The minimum absolute atomic E-state index is 0. The Labute approximate surface area is 212 Å². The molecule has 4 rings (SSSR count). The van der Waals surface area contributed by atoms with Gasteiger partial charge in [-0.3, -0.25) is 9.79 Å². The average molecular weight is 567 g/mol. The standard InChI is InChI=1S/C24H33N5O3.HI/c1-3-25-24(29-14-12-28(13-15-29)23(30)21-5-4-16-31-21)26-11-10-20-17-32-22(27-20)19-8-6-18(2)7-9-19;/h6-9,17,21H,3-5,10-16H2,1-2H3,(H,25,26);1H. The third-order valence-corrected chi connectivity index (χ3v) is 5.91. The second-order valence-electron chi connectivity index (χ2n) is 8.31. The van der Waals surface area contributed by atoms with E-state index in [0.29, 0.717) is 38.6 Å². The van der Waals surface area contributed by atoms with Gasteiger partial charge >= 0.3 is 0 Å². The lowest BCUT2D eigenvalue weighted by atomic mass is 10.1. The molecule has 33 heavy (non-hydrogen) atoms. The monoisotopic (exact) mass is 567 g/mol. The predicted octanol–water partition coefficient (Wildman–Crippen LogP) is 3.10. The van der Waals surface area contributed by atoms with Crippen LogP contribution >= 0.6 is 24.0 Å². The van der Waals surface area contributed by atoms with Gasteiger partial charge in [-0.2, -0.15) is 0 Å². The predicted molar refractivity (Wildman–Crippen MR) is 139 cm³/mol. The summed E-state index contributed by atoms with van der Waals surface area (Å²) >= 11 is 0. The maximum Gasteiger partial charge on any atom is 0.251 e. The number of carbonyl (C=O) groups excluding carboxylic acids is 1. The number of hydrogen-bond donors (Lipinski definition) is 1. The Morgan fingerprint density at radius 2 is 1.91 bits per heavy atom. The van der Waals surface area contributed by atoms with Gasteiger partial charge < -0.3 is 24.3 Å². The van der Waals surface area contributed by atoms with Crippen molar-refractivity contribution in [1.82, 2.24) is 20.1 Å². The molecule has 1 atom stereocenters. The van der Waals surface area contributed by atoms with Crippen LogP contribution in [0.1, 0.15) is 31.0 Å². The van der Waals surface area contributed by atoms with E-state index in [1.54, 1.807) is 6.26 Å². The molecular weight excluding hydrogens is 533 g/mol. The largest absolute Gasteiger partial charge is 0.444 e. The summed E-state index contributed by atoms with van der Waals surface area (Å²) < 4.78 is 11.2. The van der Waals surface area contributed by atoms with Crippen molar-refractivity contribution in [2.24, 2.45) is 4.99 Å². The van der Waals surface area contributed by atoms with Crippen molar-refractivity contribution in [2.75, 3.05) is 45.9 Å². The molecule has 0 aliphatic carbocycles. The Bertz CT molecular complexity index is 916. The van der Waals surface area contributed by atoms with Gasteiger partial charge in [0.15, 0.2) is 5.96 Å². The van der Waals surface area contributed by atoms with E-state index in [-0.39, 0.29) is 36.0 Å². The summed E-state index contributed by atoms with van der Waals surface area (Å²) in [5.74, 6) is 1.67. The van der Waals surface area contributed by atoms with Gasteiger partial charge in [-0.15, -0.1) is 24.0 Å². The molecule has 0 spiro atoms. The molecule has 0 radical (unpaired) electrons. The molecule has 1 unspecified atom stereocenters. The number of oxazole rings is 1. The highest BCUT2D eigenvalue weighted by molar-refractivity contribution is 14.0. The van der Waals surface area contributed by atoms with E-state index < -0.39 is 0 Å². The maximum absolute atomic E-state index is 12.6. The van der Waals surface area contributed by atoms with Gasteiger partial charge in [0.25, 0.3) is 5.91 Å². The van der Waals surface area contributed by atoms with Crippen molar-refractivity contribution in [3.8, 4) is 11.5 Å². The molecule has 2 aromatic rings. The minimum atomic E-state index is -0.240. The molecule has 180 valence electrons. The van der Waals surface area contributed by atoms with Gasteiger partial charge in [0.2, 0.25) is 5.89 Å². The number of aryl methyl sites for hydroxylation is 1. The van der Waals surface area contributed by atoms with Gasteiger partial charge in [0, 0.05) is 57.9 Å². The van der Waals surface area contributed by atoms with Crippen LogP contribution in [0, 0.1) is 6.92 Å². The third kappa shape index (κ3) is 6.69. The Hall–Kier alpha value is -2.14. The number of ether oxygens (including phenoxy) is 1. The average Bonchev–Trinajstić information content (AvgIpc) is 3.51. The highest BCUT2D eigenvalue weighted by Crippen LogP contribution is 2.19. The van der Waals surface area contributed by atoms with Crippen molar-refractivity contribution in [1.29, 1.82) is 0 Å². The van der Waals surface area contributed by atoms with E-state index in [4.69, 9.17) is 14.1 Å². The van der Waals surface area contributed by atoms with Crippen molar-refractivity contribution in [3.05, 3.63) is 41.8 Å². The first kappa shape index (κ1) is 25.5. The lowest BCUT2D eigenvalue weighted by Crippen LogP contribution is -2.55. The number of carbonyl (C=O) groups is 1. The van der Waals surface area contributed by atoms with Gasteiger partial charge in [-0.05, 0) is 38.8 Å². The molecule has 0 saturated carbocycles. The number of aliphatic imine (C=N–C) groups is 1. The summed E-state index contributed by atoms with van der Waals surface area (Å²) in [6, 6.07) is 8.16. The Balaban J connectivity index is 0.00000306. The molecule has 9 heteroatoms. The van der Waals surface area contributed by atoms with Crippen LogP contribution in [0.15, 0.2) is 39.9 Å². The quantitative estimate of drug-likeness (QED) is 0.328. The molecule has 1 amide bonds. The molecule has 1 aromatic carbocycles. The Kier molecular flexibility index (Phi) is 9.54. The molecule has 2 aliphatic rings. The fourth-order valence-corrected chi connectivity index (χ4v) is 4.07. The van der Waals surface area contributed by atoms with Gasteiger partial charge in [-0.1, -0.05) is 17.7 Å². The number of nitrogens with zero attached hydrogens (tertiary/aromatic N) is 4. The molecule has 1 aromatic heterocycles. The number of nitrogens with one attached hydrogen (secondary N) is 1. The molecule has 0 bridgehead atoms. The Morgan fingerprint density at radius 3 is 2.58 bits per heavy atom. The number of amides is 1. The molecule has 2 fully saturated rings. The third-order valence-electron chi connectivity index (χ3n) is 5.91. The lowest BCUT2D eigenvalue weighted by Gasteiger charge is -2.37. The van der Waals surface area contributed by atoms with Crippen LogP contribution in [0.3, 0.4) is 0 Å². The second-order valence-corrected chi connectivity index (χ2v) is 8.31. The number of rotatable bonds is 6. The van der Waals surface area contributed by atoms with Crippen LogP contribution in [-0.2, 0) is 16.0 Å². The Morgan fingerprint density at radius 1 is 1.18 bits per heavy atom. The van der Waals surface area contributed by atoms with Crippen molar-refractivity contribution in [3.63, 3.8) is 0 Å². The highest BCUT2D eigenvalue weighted by atomic mass is 127. The topological polar surface area (TPSA) is 83.2 Å². The van der Waals surface area contributed by atoms with Gasteiger partial charge in [0.05, 0.1) is 5.69 Å². The number of aromatic nitrogens is 1. The first-order chi connectivity index (χ1) is 15.6. The molecule has 2 saturated heterocycles. The van der Waals surface area contributed by atoms with Crippen LogP contribution in [0.4, 0.5) is 0 Å². The van der Waals surface area contributed by atoms with Crippen molar-refractivity contribution in [2.45, 2.75) is 39.2 Å². The zero-order valence-corrected chi connectivity index (χ0v) is 21.8. The van der Waals surface area contributed by atoms with Gasteiger partial charge in [0.1, 0.15) is 12.4 Å². The molecule has 3 heterocycles. The van der Waals surface area contributed by atoms with E-state index in [9.17, 15) is 4.79 Å². The van der Waals surface area contributed by atoms with E-state index >= 15 is 0 Å². The lowest BCUT2D eigenvalue weighted by molar-refractivity contribution is -0.142. The van der Waals surface area contributed by atoms with E-state index in [0.717, 1.165) is 49.7 Å². The first-order valence-electron chi connectivity index (χ1n) is 11.6. The van der Waals surface area contributed by atoms with E-state index in [1.165, 1.54) is 5.56 Å². The zero-order chi connectivity index (χ0) is 22.3. The minimum Gasteiger partial charge on any atom is -0.444 e. The first-order valence-corrected chi connectivity index (χ1v) is 11.6.